The number of aromatic nitrogens is 5. The highest BCUT2D eigenvalue weighted by Gasteiger charge is 2.30. The zero-order valence-electron chi connectivity index (χ0n) is 11.1. The van der Waals surface area contributed by atoms with E-state index in [9.17, 15) is 0 Å². The molecule has 6 nitrogen and oxygen atoms in total. The maximum absolute atomic E-state index is 4.50. The molecule has 0 aliphatic carbocycles. The van der Waals surface area contributed by atoms with Gasteiger partial charge in [0.1, 0.15) is 17.2 Å². The van der Waals surface area contributed by atoms with Gasteiger partial charge in [0.05, 0.1) is 17.6 Å². The number of aryl methyl sites for hydroxylation is 1. The third-order valence-corrected chi connectivity index (χ3v) is 4.65. The number of nitrogens with zero attached hydrogens (tertiary/aromatic N) is 6. The Morgan fingerprint density at radius 2 is 2.25 bits per heavy atom. The molecule has 4 heterocycles. The summed E-state index contributed by atoms with van der Waals surface area (Å²) < 4.78 is 1.79. The van der Waals surface area contributed by atoms with E-state index in [4.69, 9.17) is 0 Å². The summed E-state index contributed by atoms with van der Waals surface area (Å²) in [6, 6.07) is 0.327. The summed E-state index contributed by atoms with van der Waals surface area (Å²) in [5.41, 5.74) is 0.875. The van der Waals surface area contributed by atoms with Gasteiger partial charge in [0.2, 0.25) is 0 Å². The summed E-state index contributed by atoms with van der Waals surface area (Å²) in [5, 5.41) is 8.50. The summed E-state index contributed by atoms with van der Waals surface area (Å²) in [4.78, 5) is 15.6. The van der Waals surface area contributed by atoms with E-state index in [0.717, 1.165) is 41.2 Å². The van der Waals surface area contributed by atoms with Crippen molar-refractivity contribution in [3.8, 4) is 0 Å². The van der Waals surface area contributed by atoms with Crippen LogP contribution < -0.4 is 4.90 Å². The number of fused-ring (bicyclic) bond motifs is 1. The molecule has 20 heavy (non-hydrogen) atoms. The lowest BCUT2D eigenvalue weighted by molar-refractivity contribution is 0.706. The van der Waals surface area contributed by atoms with Crippen LogP contribution >= 0.6 is 11.3 Å². The Kier molecular flexibility index (Phi) is 2.66. The quantitative estimate of drug-likeness (QED) is 0.722. The maximum atomic E-state index is 4.50. The van der Waals surface area contributed by atoms with Crippen LogP contribution in [0.1, 0.15) is 23.9 Å². The van der Waals surface area contributed by atoms with Crippen molar-refractivity contribution in [2.75, 3.05) is 11.4 Å². The second-order valence-corrected chi connectivity index (χ2v) is 5.85. The summed E-state index contributed by atoms with van der Waals surface area (Å²) in [7, 11) is 1.90. The van der Waals surface area contributed by atoms with Crippen molar-refractivity contribution < 1.29 is 0 Å². The maximum Gasteiger partial charge on any atom is 0.163 e. The van der Waals surface area contributed by atoms with Crippen LogP contribution in [0, 0.1) is 0 Å². The molecule has 1 atom stereocenters. The molecule has 0 saturated carbocycles. The van der Waals surface area contributed by atoms with Crippen molar-refractivity contribution in [2.45, 2.75) is 18.9 Å². The molecule has 0 spiro atoms. The Hall–Kier alpha value is -2.02. The van der Waals surface area contributed by atoms with Crippen LogP contribution in [0.4, 0.5) is 5.82 Å². The van der Waals surface area contributed by atoms with Crippen molar-refractivity contribution in [3.05, 3.63) is 29.1 Å². The standard InChI is InChI=1S/C13H14N6S/c1-18-11-9(7-17-18)12(16-8-15-11)19-5-2-3-10(19)13-14-4-6-20-13/h4,6-8,10H,2-3,5H2,1H3. The van der Waals surface area contributed by atoms with Crippen molar-refractivity contribution in [2.24, 2.45) is 7.05 Å². The third kappa shape index (κ3) is 1.70. The average Bonchev–Trinajstić information content (AvgIpc) is 3.18. The monoisotopic (exact) mass is 286 g/mol. The molecule has 0 N–H and O–H groups in total. The molecule has 0 radical (unpaired) electrons. The van der Waals surface area contributed by atoms with Gasteiger partial charge in [0, 0.05) is 25.2 Å². The van der Waals surface area contributed by atoms with Gasteiger partial charge in [-0.25, -0.2) is 15.0 Å². The van der Waals surface area contributed by atoms with E-state index in [-0.39, 0.29) is 0 Å². The summed E-state index contributed by atoms with van der Waals surface area (Å²) >= 11 is 1.71. The van der Waals surface area contributed by atoms with Crippen LogP contribution in [0.25, 0.3) is 11.0 Å². The lowest BCUT2D eigenvalue weighted by Gasteiger charge is -2.24. The van der Waals surface area contributed by atoms with Crippen molar-refractivity contribution in [1.82, 2.24) is 24.7 Å². The smallest absolute Gasteiger partial charge is 0.163 e. The molecule has 7 heteroatoms. The highest BCUT2D eigenvalue weighted by Crippen LogP contribution is 2.38. The molecule has 102 valence electrons. The molecule has 1 saturated heterocycles. The number of hydrogen-bond acceptors (Lipinski definition) is 6. The molecule has 3 aromatic rings. The summed E-state index contributed by atoms with van der Waals surface area (Å²) in [6.45, 7) is 1.01. The van der Waals surface area contributed by atoms with Gasteiger partial charge in [0.25, 0.3) is 0 Å². The van der Waals surface area contributed by atoms with Crippen LogP contribution in [0.15, 0.2) is 24.1 Å². The minimum atomic E-state index is 0.327. The Labute approximate surface area is 120 Å². The molecule has 1 aliphatic heterocycles. The summed E-state index contributed by atoms with van der Waals surface area (Å²) in [5.74, 6) is 0.973. The molecule has 0 amide bonds. The van der Waals surface area contributed by atoms with Crippen LogP contribution in [0.5, 0.6) is 0 Å². The second kappa shape index (κ2) is 4.52. The van der Waals surface area contributed by atoms with Crippen LogP contribution in [0.3, 0.4) is 0 Å². The topological polar surface area (TPSA) is 59.7 Å². The van der Waals surface area contributed by atoms with Gasteiger partial charge in [-0.15, -0.1) is 11.3 Å². The van der Waals surface area contributed by atoms with Gasteiger partial charge in [-0.3, -0.25) is 4.68 Å². The fraction of sp³-hybridized carbons (Fsp3) is 0.385. The SMILES string of the molecule is Cn1ncc2c(N3CCCC3c3nccs3)ncnc21. The number of rotatable bonds is 2. The lowest BCUT2D eigenvalue weighted by Crippen LogP contribution is -2.23. The van der Waals surface area contributed by atoms with Crippen molar-refractivity contribution in [1.29, 1.82) is 0 Å². The molecular formula is C13H14N6S. The molecule has 3 aromatic heterocycles. The Bertz CT molecular complexity index is 734. The second-order valence-electron chi connectivity index (χ2n) is 4.92. The van der Waals surface area contributed by atoms with E-state index in [0.29, 0.717) is 6.04 Å². The predicted molar refractivity (Wildman–Crippen MR) is 77.7 cm³/mol. The van der Waals surface area contributed by atoms with Crippen LogP contribution in [-0.4, -0.2) is 31.3 Å². The predicted octanol–water partition coefficient (Wildman–Crippen LogP) is 2.16. The highest BCUT2D eigenvalue weighted by atomic mass is 32.1. The van der Waals surface area contributed by atoms with Crippen LogP contribution in [-0.2, 0) is 7.05 Å². The number of hydrogen-bond donors (Lipinski definition) is 0. The minimum absolute atomic E-state index is 0.327. The first kappa shape index (κ1) is 11.8. The van der Waals surface area contributed by atoms with E-state index in [2.05, 4.69) is 25.0 Å². The number of anilines is 1. The molecule has 1 aliphatic rings. The zero-order chi connectivity index (χ0) is 13.5. The highest BCUT2D eigenvalue weighted by molar-refractivity contribution is 7.09. The van der Waals surface area contributed by atoms with Gasteiger partial charge in [-0.05, 0) is 12.8 Å². The fourth-order valence-electron chi connectivity index (χ4n) is 2.85. The van der Waals surface area contributed by atoms with Crippen LogP contribution in [0.2, 0.25) is 0 Å². The van der Waals surface area contributed by atoms with Gasteiger partial charge in [0.15, 0.2) is 5.65 Å². The lowest BCUT2D eigenvalue weighted by atomic mass is 10.2. The first-order valence-electron chi connectivity index (χ1n) is 6.63. The third-order valence-electron chi connectivity index (χ3n) is 3.77. The molecule has 0 bridgehead atoms. The Balaban J connectivity index is 1.82. The molecule has 1 fully saturated rings. The number of thiazole rings is 1. The average molecular weight is 286 g/mol. The van der Waals surface area contributed by atoms with E-state index >= 15 is 0 Å². The Morgan fingerprint density at radius 3 is 3.10 bits per heavy atom. The molecule has 1 unspecified atom stereocenters. The van der Waals surface area contributed by atoms with E-state index in [1.54, 1.807) is 22.3 Å². The van der Waals surface area contributed by atoms with Gasteiger partial charge < -0.3 is 4.90 Å². The fourth-order valence-corrected chi connectivity index (χ4v) is 3.64. The largest absolute Gasteiger partial charge is 0.346 e. The zero-order valence-corrected chi connectivity index (χ0v) is 11.9. The first-order chi connectivity index (χ1) is 9.84. The van der Waals surface area contributed by atoms with Gasteiger partial charge >= 0.3 is 0 Å². The first-order valence-corrected chi connectivity index (χ1v) is 7.51. The molecule has 0 aromatic carbocycles. The molecule has 4 rings (SSSR count). The normalized spacial score (nSPS) is 19.1. The Morgan fingerprint density at radius 1 is 1.30 bits per heavy atom. The minimum Gasteiger partial charge on any atom is -0.346 e. The van der Waals surface area contributed by atoms with Gasteiger partial charge in [-0.2, -0.15) is 5.10 Å². The van der Waals surface area contributed by atoms with Crippen molar-refractivity contribution in [3.63, 3.8) is 0 Å². The van der Waals surface area contributed by atoms with E-state index in [1.807, 2.05) is 24.8 Å². The molecular weight excluding hydrogens is 272 g/mol. The van der Waals surface area contributed by atoms with E-state index < -0.39 is 0 Å². The summed E-state index contributed by atoms with van der Waals surface area (Å²) in [6.07, 6.45) is 7.63. The van der Waals surface area contributed by atoms with E-state index in [1.165, 1.54) is 0 Å². The van der Waals surface area contributed by atoms with Gasteiger partial charge in [-0.1, -0.05) is 0 Å². The van der Waals surface area contributed by atoms with Crippen molar-refractivity contribution >= 4 is 28.2 Å².